The Morgan fingerprint density at radius 1 is 1.18 bits per heavy atom. The van der Waals surface area contributed by atoms with Gasteiger partial charge in [0, 0.05) is 44.8 Å². The summed E-state index contributed by atoms with van der Waals surface area (Å²) in [5.74, 6) is 1.01. The van der Waals surface area contributed by atoms with E-state index in [1.54, 1.807) is 9.47 Å². The van der Waals surface area contributed by atoms with E-state index < -0.39 is 0 Å². The molecule has 0 unspecified atom stereocenters. The number of piperazine rings is 1. The van der Waals surface area contributed by atoms with E-state index in [2.05, 4.69) is 36.6 Å². The van der Waals surface area contributed by atoms with Gasteiger partial charge in [0.15, 0.2) is 0 Å². The van der Waals surface area contributed by atoms with E-state index in [4.69, 9.17) is 12.2 Å². The number of nitriles is 1. The fraction of sp³-hybridized carbons (Fsp3) is 0.583. The van der Waals surface area contributed by atoms with Gasteiger partial charge in [-0.2, -0.15) is 5.26 Å². The Morgan fingerprint density at radius 3 is 2.39 bits per heavy atom. The number of rotatable bonds is 7. The van der Waals surface area contributed by atoms with Crippen molar-refractivity contribution in [2.24, 2.45) is 5.92 Å². The number of anilines is 1. The number of amides is 1. The third-order valence-electron chi connectivity index (χ3n) is 6.11. The van der Waals surface area contributed by atoms with Crippen LogP contribution < -0.4 is 10.5 Å². The lowest BCUT2D eigenvalue weighted by Crippen LogP contribution is -2.48. The van der Waals surface area contributed by atoms with Crippen molar-refractivity contribution in [2.45, 2.75) is 47.6 Å². The summed E-state index contributed by atoms with van der Waals surface area (Å²) in [6.07, 6.45) is 2.62. The summed E-state index contributed by atoms with van der Waals surface area (Å²) >= 11 is 6.78. The average molecular weight is 488 g/mol. The second kappa shape index (κ2) is 10.9. The Morgan fingerprint density at radius 2 is 1.85 bits per heavy atom. The van der Waals surface area contributed by atoms with Crippen molar-refractivity contribution in [3.05, 3.63) is 31.9 Å². The second-order valence-electron chi connectivity index (χ2n) is 8.91. The van der Waals surface area contributed by atoms with Crippen molar-refractivity contribution in [2.75, 3.05) is 44.2 Å². The first-order valence-corrected chi connectivity index (χ1v) is 12.9. The van der Waals surface area contributed by atoms with E-state index in [-0.39, 0.29) is 17.0 Å². The normalized spacial score (nSPS) is 18.6. The van der Waals surface area contributed by atoms with Crippen molar-refractivity contribution in [1.82, 2.24) is 14.4 Å². The number of carbonyl (C=O) groups is 1. The maximum absolute atomic E-state index is 13.3. The molecule has 0 N–H and O–H groups in total. The molecule has 1 aromatic rings. The Labute approximate surface area is 206 Å². The number of nitrogens with zero attached hydrogens (tertiary/aromatic N) is 5. The van der Waals surface area contributed by atoms with Crippen molar-refractivity contribution in [3.8, 4) is 6.07 Å². The van der Waals surface area contributed by atoms with Crippen LogP contribution in [0.2, 0.25) is 0 Å². The highest BCUT2D eigenvalue weighted by Crippen LogP contribution is 2.36. The first-order chi connectivity index (χ1) is 15.7. The number of carbonyl (C=O) groups excluding carboxylic acids is 1. The van der Waals surface area contributed by atoms with Gasteiger partial charge in [-0.05, 0) is 37.4 Å². The van der Waals surface area contributed by atoms with Gasteiger partial charge in [0.2, 0.25) is 0 Å². The standard InChI is InChI=1S/C24H33N5O2S2/c1-6-8-28-21(27-11-9-26(7-2)10-12-27)18(17(5)19(14-25)22(28)30)13-20-23(31)29(15-16(3)4)24(32)33-20/h13,16H,6-12,15H2,1-5H3/b20-13+. The molecule has 7 nitrogen and oxygen atoms in total. The molecular formula is C24H33N5O2S2. The SMILES string of the molecule is CCCn1c(N2CCN(CC)CC2)c(/C=C2/SC(=S)N(CC(C)C)C2=O)c(C)c(C#N)c1=O. The van der Waals surface area contributed by atoms with Crippen LogP contribution >= 0.6 is 24.0 Å². The van der Waals surface area contributed by atoms with Crippen LogP contribution in [0, 0.1) is 24.2 Å². The lowest BCUT2D eigenvalue weighted by Gasteiger charge is -2.37. The summed E-state index contributed by atoms with van der Waals surface area (Å²) in [6, 6.07) is 2.11. The Balaban J connectivity index is 2.18. The maximum Gasteiger partial charge on any atom is 0.270 e. The van der Waals surface area contributed by atoms with Crippen LogP contribution in [0.4, 0.5) is 5.82 Å². The third kappa shape index (κ3) is 5.18. The molecule has 0 spiro atoms. The molecule has 0 aliphatic carbocycles. The molecule has 0 saturated carbocycles. The molecule has 2 saturated heterocycles. The molecule has 0 atom stereocenters. The Bertz CT molecular complexity index is 1060. The van der Waals surface area contributed by atoms with Crippen molar-refractivity contribution >= 4 is 46.1 Å². The summed E-state index contributed by atoms with van der Waals surface area (Å²) in [5, 5.41) is 9.77. The van der Waals surface area contributed by atoms with Gasteiger partial charge >= 0.3 is 0 Å². The highest BCUT2D eigenvalue weighted by Gasteiger charge is 2.33. The number of hydrogen-bond acceptors (Lipinski definition) is 7. The molecule has 2 aliphatic heterocycles. The average Bonchev–Trinajstić information content (AvgIpc) is 3.04. The lowest BCUT2D eigenvalue weighted by atomic mass is 10.0. The number of aromatic nitrogens is 1. The van der Waals surface area contributed by atoms with Gasteiger partial charge in [-0.15, -0.1) is 0 Å². The van der Waals surface area contributed by atoms with E-state index in [1.807, 2.05) is 19.9 Å². The minimum Gasteiger partial charge on any atom is -0.355 e. The zero-order valence-electron chi connectivity index (χ0n) is 20.2. The smallest absolute Gasteiger partial charge is 0.270 e. The summed E-state index contributed by atoms with van der Waals surface area (Å²) in [4.78, 5) is 33.2. The molecule has 1 amide bonds. The molecule has 0 bridgehead atoms. The predicted molar refractivity (Wildman–Crippen MR) is 139 cm³/mol. The number of thiocarbonyl (C=S) groups is 1. The number of hydrogen-bond donors (Lipinski definition) is 0. The minimum atomic E-state index is -0.255. The molecule has 33 heavy (non-hydrogen) atoms. The third-order valence-corrected chi connectivity index (χ3v) is 7.49. The lowest BCUT2D eigenvalue weighted by molar-refractivity contribution is -0.122. The van der Waals surface area contributed by atoms with Gasteiger partial charge in [-0.3, -0.25) is 19.1 Å². The topological polar surface area (TPSA) is 72.6 Å². The zero-order chi connectivity index (χ0) is 24.3. The largest absolute Gasteiger partial charge is 0.355 e. The Kier molecular flexibility index (Phi) is 8.38. The molecule has 2 aliphatic rings. The van der Waals surface area contributed by atoms with Crippen molar-refractivity contribution < 1.29 is 4.79 Å². The van der Waals surface area contributed by atoms with Crippen LogP contribution in [-0.2, 0) is 11.3 Å². The van der Waals surface area contributed by atoms with Crippen LogP contribution in [0.25, 0.3) is 6.08 Å². The van der Waals surface area contributed by atoms with Crippen LogP contribution in [0.3, 0.4) is 0 Å². The zero-order valence-corrected chi connectivity index (χ0v) is 21.8. The van der Waals surface area contributed by atoms with Gasteiger partial charge in [0.1, 0.15) is 21.8 Å². The number of pyridine rings is 1. The van der Waals surface area contributed by atoms with Gasteiger partial charge < -0.3 is 9.80 Å². The summed E-state index contributed by atoms with van der Waals surface area (Å²) < 4.78 is 2.28. The molecule has 1 aromatic heterocycles. The quantitative estimate of drug-likeness (QED) is 0.431. The monoisotopic (exact) mass is 487 g/mol. The molecule has 178 valence electrons. The maximum atomic E-state index is 13.3. The summed E-state index contributed by atoms with van der Waals surface area (Å²) in [7, 11) is 0. The van der Waals surface area contributed by atoms with Crippen molar-refractivity contribution in [3.63, 3.8) is 0 Å². The van der Waals surface area contributed by atoms with E-state index in [0.717, 1.165) is 50.5 Å². The highest BCUT2D eigenvalue weighted by molar-refractivity contribution is 8.26. The molecular weight excluding hydrogens is 454 g/mol. The second-order valence-corrected chi connectivity index (χ2v) is 10.6. The molecule has 3 heterocycles. The molecule has 3 rings (SSSR count). The van der Waals surface area contributed by atoms with Gasteiger partial charge in [0.25, 0.3) is 11.5 Å². The van der Waals surface area contributed by atoms with Crippen LogP contribution in [0.5, 0.6) is 0 Å². The molecule has 0 aromatic carbocycles. The summed E-state index contributed by atoms with van der Waals surface area (Å²) in [5.41, 5.74) is 1.28. The van der Waals surface area contributed by atoms with Crippen LogP contribution in [0.15, 0.2) is 9.70 Å². The first kappa shape index (κ1) is 25.5. The molecule has 9 heteroatoms. The minimum absolute atomic E-state index is 0.105. The van der Waals surface area contributed by atoms with Gasteiger partial charge in [-0.1, -0.05) is 51.7 Å². The fourth-order valence-corrected chi connectivity index (χ4v) is 5.60. The summed E-state index contributed by atoms with van der Waals surface area (Å²) in [6.45, 7) is 15.6. The van der Waals surface area contributed by atoms with E-state index in [1.165, 1.54) is 11.8 Å². The van der Waals surface area contributed by atoms with Crippen LogP contribution in [-0.4, -0.2) is 63.9 Å². The first-order valence-electron chi connectivity index (χ1n) is 11.6. The van der Waals surface area contributed by atoms with E-state index >= 15 is 0 Å². The van der Waals surface area contributed by atoms with E-state index in [0.29, 0.717) is 33.8 Å². The van der Waals surface area contributed by atoms with Gasteiger partial charge in [-0.25, -0.2) is 0 Å². The van der Waals surface area contributed by atoms with E-state index in [9.17, 15) is 14.9 Å². The highest BCUT2D eigenvalue weighted by atomic mass is 32.2. The van der Waals surface area contributed by atoms with Crippen molar-refractivity contribution in [1.29, 1.82) is 5.26 Å². The fourth-order valence-electron chi connectivity index (χ4n) is 4.35. The molecule has 0 radical (unpaired) electrons. The number of likely N-dealkylation sites (N-methyl/N-ethyl adjacent to an activating group) is 1. The van der Waals surface area contributed by atoms with Crippen LogP contribution in [0.1, 0.15) is 50.8 Å². The molecule has 2 fully saturated rings. The number of thioether (sulfide) groups is 1. The predicted octanol–water partition coefficient (Wildman–Crippen LogP) is 3.44. The Hall–Kier alpha value is -2.15. The van der Waals surface area contributed by atoms with Gasteiger partial charge in [0.05, 0.1) is 4.91 Å².